The van der Waals surface area contributed by atoms with E-state index >= 15 is 0 Å². The van der Waals surface area contributed by atoms with E-state index in [4.69, 9.17) is 9.84 Å². The predicted octanol–water partition coefficient (Wildman–Crippen LogP) is 2.18. The minimum Gasteiger partial charge on any atom is -0.445 e. The summed E-state index contributed by atoms with van der Waals surface area (Å²) < 4.78 is 7.05. The zero-order chi connectivity index (χ0) is 16.8. The van der Waals surface area contributed by atoms with Gasteiger partial charge < -0.3 is 15.2 Å². The van der Waals surface area contributed by atoms with Gasteiger partial charge in [0.25, 0.3) is 0 Å². The highest BCUT2D eigenvalue weighted by molar-refractivity contribution is 5.67. The normalized spacial score (nSPS) is 20.5. The monoisotopic (exact) mass is 330 g/mol. The van der Waals surface area contributed by atoms with Crippen molar-refractivity contribution in [1.29, 1.82) is 0 Å². The van der Waals surface area contributed by atoms with E-state index in [1.165, 1.54) is 0 Å². The first-order valence-electron chi connectivity index (χ1n) is 8.25. The summed E-state index contributed by atoms with van der Waals surface area (Å²) in [7, 11) is 0. The molecule has 0 bridgehead atoms. The van der Waals surface area contributed by atoms with Crippen molar-refractivity contribution in [2.45, 2.75) is 51.0 Å². The van der Waals surface area contributed by atoms with Crippen molar-refractivity contribution in [3.05, 3.63) is 47.8 Å². The molecular formula is C17H22N4O3. The molecule has 1 aliphatic carbocycles. The maximum Gasteiger partial charge on any atom is 0.407 e. The summed E-state index contributed by atoms with van der Waals surface area (Å²) >= 11 is 0. The Balaban J connectivity index is 1.58. The van der Waals surface area contributed by atoms with Crippen molar-refractivity contribution >= 4 is 6.09 Å². The summed E-state index contributed by atoms with van der Waals surface area (Å²) in [4.78, 5) is 12.1. The van der Waals surface area contributed by atoms with Crippen molar-refractivity contribution in [3.63, 3.8) is 0 Å². The Morgan fingerprint density at radius 3 is 2.83 bits per heavy atom. The third-order valence-electron chi connectivity index (χ3n) is 4.31. The first kappa shape index (κ1) is 16.4. The lowest BCUT2D eigenvalue weighted by Gasteiger charge is -2.31. The van der Waals surface area contributed by atoms with E-state index in [9.17, 15) is 4.79 Å². The molecule has 2 N–H and O–H groups in total. The molecule has 0 unspecified atom stereocenters. The van der Waals surface area contributed by atoms with Crippen molar-refractivity contribution in [3.8, 4) is 0 Å². The van der Waals surface area contributed by atoms with E-state index in [0.717, 1.165) is 31.2 Å². The molecule has 2 aromatic rings. The second-order valence-electron chi connectivity index (χ2n) is 6.01. The lowest BCUT2D eigenvalue weighted by molar-refractivity contribution is 0.126. The van der Waals surface area contributed by atoms with Gasteiger partial charge in [-0.05, 0) is 18.4 Å². The summed E-state index contributed by atoms with van der Waals surface area (Å²) in [5.74, 6) is 0. The van der Waals surface area contributed by atoms with Gasteiger partial charge in [0.15, 0.2) is 0 Å². The molecule has 1 fully saturated rings. The maximum atomic E-state index is 12.1. The van der Waals surface area contributed by atoms with Crippen molar-refractivity contribution in [2.24, 2.45) is 0 Å². The Bertz CT molecular complexity index is 659. The molecular weight excluding hydrogens is 308 g/mol. The number of benzene rings is 1. The first-order chi connectivity index (χ1) is 11.8. The molecule has 1 aromatic heterocycles. The topological polar surface area (TPSA) is 89.3 Å². The van der Waals surface area contributed by atoms with E-state index < -0.39 is 6.09 Å². The molecule has 0 saturated heterocycles. The number of amides is 1. The third kappa shape index (κ3) is 4.11. The average Bonchev–Trinajstić information content (AvgIpc) is 3.10. The quantitative estimate of drug-likeness (QED) is 0.877. The number of nitrogens with one attached hydrogen (secondary N) is 1. The van der Waals surface area contributed by atoms with E-state index in [2.05, 4.69) is 15.6 Å². The molecule has 1 aliphatic rings. The van der Waals surface area contributed by atoms with Gasteiger partial charge in [0.2, 0.25) is 0 Å². The standard InChI is InChI=1S/C17H22N4O3/c22-11-14-10-21(20-19-14)16-9-5-4-8-15(16)18-17(23)24-12-13-6-2-1-3-7-13/h1-3,6-7,10,15-16,22H,4-5,8-9,11-12H2,(H,18,23)/t15-,16+/m0/s1. The first-order valence-corrected chi connectivity index (χ1v) is 8.25. The smallest absolute Gasteiger partial charge is 0.407 e. The number of aromatic nitrogens is 3. The lowest BCUT2D eigenvalue weighted by atomic mass is 9.90. The van der Waals surface area contributed by atoms with Crippen LogP contribution in [0.5, 0.6) is 0 Å². The number of hydrogen-bond acceptors (Lipinski definition) is 5. The largest absolute Gasteiger partial charge is 0.445 e. The third-order valence-corrected chi connectivity index (χ3v) is 4.31. The molecule has 7 heteroatoms. The molecule has 2 atom stereocenters. The highest BCUT2D eigenvalue weighted by Gasteiger charge is 2.29. The van der Waals surface area contributed by atoms with Gasteiger partial charge in [-0.25, -0.2) is 9.48 Å². The number of nitrogens with zero attached hydrogens (tertiary/aromatic N) is 3. The van der Waals surface area contributed by atoms with E-state index in [-0.39, 0.29) is 25.3 Å². The molecule has 0 aliphatic heterocycles. The van der Waals surface area contributed by atoms with Gasteiger partial charge >= 0.3 is 6.09 Å². The Hall–Kier alpha value is -2.41. The number of rotatable bonds is 5. The van der Waals surface area contributed by atoms with Crippen LogP contribution in [0.15, 0.2) is 36.5 Å². The summed E-state index contributed by atoms with van der Waals surface area (Å²) in [6, 6.07) is 9.58. The molecule has 3 rings (SSSR count). The lowest BCUT2D eigenvalue weighted by Crippen LogP contribution is -2.43. The fourth-order valence-electron chi connectivity index (χ4n) is 3.06. The number of ether oxygens (including phenoxy) is 1. The zero-order valence-electron chi connectivity index (χ0n) is 13.5. The van der Waals surface area contributed by atoms with E-state index in [0.29, 0.717) is 5.69 Å². The molecule has 0 spiro atoms. The van der Waals surface area contributed by atoms with Crippen LogP contribution < -0.4 is 5.32 Å². The highest BCUT2D eigenvalue weighted by atomic mass is 16.5. The van der Waals surface area contributed by atoms with E-state index in [1.807, 2.05) is 30.3 Å². The molecule has 128 valence electrons. The maximum absolute atomic E-state index is 12.1. The molecule has 24 heavy (non-hydrogen) atoms. The number of hydrogen-bond donors (Lipinski definition) is 2. The van der Waals surface area contributed by atoms with Crippen LogP contribution in [0.4, 0.5) is 4.79 Å². The second kappa shape index (κ2) is 7.92. The Labute approximate surface area is 140 Å². The van der Waals surface area contributed by atoms with Gasteiger partial charge in [-0.1, -0.05) is 48.4 Å². The van der Waals surface area contributed by atoms with Crippen LogP contribution in [0.25, 0.3) is 0 Å². The minimum atomic E-state index is -0.418. The molecule has 1 aromatic carbocycles. The van der Waals surface area contributed by atoms with Crippen molar-refractivity contribution in [1.82, 2.24) is 20.3 Å². The number of carbonyl (C=O) groups is 1. The molecule has 0 radical (unpaired) electrons. The average molecular weight is 330 g/mol. The van der Waals surface area contributed by atoms with Gasteiger partial charge in [0, 0.05) is 0 Å². The number of aliphatic hydroxyl groups excluding tert-OH is 1. The van der Waals surface area contributed by atoms with Crippen molar-refractivity contribution in [2.75, 3.05) is 0 Å². The fourth-order valence-corrected chi connectivity index (χ4v) is 3.06. The Morgan fingerprint density at radius 1 is 1.29 bits per heavy atom. The molecule has 7 nitrogen and oxygen atoms in total. The van der Waals surface area contributed by atoms with Gasteiger partial charge in [-0.3, -0.25) is 0 Å². The second-order valence-corrected chi connectivity index (χ2v) is 6.01. The van der Waals surface area contributed by atoms with Gasteiger partial charge in [-0.15, -0.1) is 5.10 Å². The zero-order valence-corrected chi connectivity index (χ0v) is 13.5. The van der Waals surface area contributed by atoms with Gasteiger partial charge in [0.1, 0.15) is 12.3 Å². The van der Waals surface area contributed by atoms with Crippen LogP contribution in [-0.4, -0.2) is 32.2 Å². The highest BCUT2D eigenvalue weighted by Crippen LogP contribution is 2.28. The predicted molar refractivity (Wildman–Crippen MR) is 87.0 cm³/mol. The van der Waals surface area contributed by atoms with Gasteiger partial charge in [-0.2, -0.15) is 0 Å². The van der Waals surface area contributed by atoms with Crippen LogP contribution in [-0.2, 0) is 18.0 Å². The van der Waals surface area contributed by atoms with Crippen LogP contribution in [0.2, 0.25) is 0 Å². The van der Waals surface area contributed by atoms with Crippen LogP contribution >= 0.6 is 0 Å². The Kier molecular flexibility index (Phi) is 5.43. The van der Waals surface area contributed by atoms with E-state index in [1.54, 1.807) is 10.9 Å². The summed E-state index contributed by atoms with van der Waals surface area (Å²) in [5.41, 5.74) is 1.49. The molecule has 1 heterocycles. The number of aliphatic hydroxyl groups is 1. The minimum absolute atomic E-state index is 0.0378. The number of carbonyl (C=O) groups excluding carboxylic acids is 1. The fraction of sp³-hybridized carbons (Fsp3) is 0.471. The van der Waals surface area contributed by atoms with Gasteiger partial charge in [0.05, 0.1) is 24.9 Å². The molecule has 1 saturated carbocycles. The summed E-state index contributed by atoms with van der Waals surface area (Å²) in [6.07, 6.45) is 5.24. The van der Waals surface area contributed by atoms with Crippen LogP contribution in [0.3, 0.4) is 0 Å². The molecule has 1 amide bonds. The SMILES string of the molecule is O=C(N[C@H]1CCCC[C@H]1n1cc(CO)nn1)OCc1ccccc1. The van der Waals surface area contributed by atoms with Crippen molar-refractivity contribution < 1.29 is 14.6 Å². The van der Waals surface area contributed by atoms with Crippen LogP contribution in [0, 0.1) is 0 Å². The van der Waals surface area contributed by atoms with Crippen LogP contribution in [0.1, 0.15) is 43.0 Å². The summed E-state index contributed by atoms with van der Waals surface area (Å²) in [6.45, 7) is 0.117. The Morgan fingerprint density at radius 2 is 2.08 bits per heavy atom. The number of alkyl carbamates (subject to hydrolysis) is 1. The summed E-state index contributed by atoms with van der Waals surface area (Å²) in [5, 5.41) is 20.1.